The van der Waals surface area contributed by atoms with E-state index in [1.54, 1.807) is 14.2 Å². The van der Waals surface area contributed by atoms with Crippen LogP contribution >= 0.6 is 0 Å². The Morgan fingerprint density at radius 3 is 2.30 bits per heavy atom. The molecule has 0 fully saturated rings. The monoisotopic (exact) mass is 275 g/mol. The van der Waals surface area contributed by atoms with Crippen LogP contribution in [-0.2, 0) is 20.1 Å². The Hall–Kier alpha value is -2.01. The van der Waals surface area contributed by atoms with Gasteiger partial charge in [-0.1, -0.05) is 6.07 Å². The van der Waals surface area contributed by atoms with Crippen molar-refractivity contribution in [2.75, 3.05) is 14.2 Å². The third-order valence-corrected chi connectivity index (χ3v) is 3.26. The largest absolute Gasteiger partial charge is 0.496 e. The van der Waals surface area contributed by atoms with Gasteiger partial charge in [0, 0.05) is 37.5 Å². The molecule has 2 aromatic rings. The molecule has 1 heterocycles. The average Bonchev–Trinajstić information content (AvgIpc) is 2.77. The Kier molecular flexibility index (Phi) is 4.63. The summed E-state index contributed by atoms with van der Waals surface area (Å²) in [5.41, 5.74) is 3.27. The van der Waals surface area contributed by atoms with Crippen LogP contribution in [0.1, 0.15) is 16.8 Å². The molecule has 0 amide bonds. The highest BCUT2D eigenvalue weighted by molar-refractivity contribution is 5.44. The zero-order valence-corrected chi connectivity index (χ0v) is 12.4. The summed E-state index contributed by atoms with van der Waals surface area (Å²) >= 11 is 0. The minimum atomic E-state index is 0.682. The first-order chi connectivity index (χ1) is 9.65. The number of hydrogen-bond acceptors (Lipinski definition) is 4. The lowest BCUT2D eigenvalue weighted by atomic mass is 10.1. The van der Waals surface area contributed by atoms with E-state index in [1.807, 2.05) is 43.0 Å². The number of aromatic nitrogens is 2. The molecule has 2 rings (SSSR count). The van der Waals surface area contributed by atoms with Gasteiger partial charge in [-0.15, -0.1) is 0 Å². The predicted molar refractivity (Wildman–Crippen MR) is 78.0 cm³/mol. The molecule has 0 atom stereocenters. The Morgan fingerprint density at radius 2 is 1.80 bits per heavy atom. The lowest BCUT2D eigenvalue weighted by Gasteiger charge is -2.13. The molecule has 1 aromatic carbocycles. The van der Waals surface area contributed by atoms with Crippen molar-refractivity contribution in [3.8, 4) is 11.5 Å². The molecule has 0 saturated heterocycles. The second-order valence-electron chi connectivity index (χ2n) is 4.66. The molecular formula is C15H21N3O2. The standard InChI is InChI=1S/C15H21N3O2/c1-11-12(10-18(2)17-11)8-16-9-13-14(19-3)6-5-7-15(13)20-4/h5-7,10,16H,8-9H2,1-4H3. The number of nitrogens with one attached hydrogen (secondary N) is 1. The quantitative estimate of drug-likeness (QED) is 0.876. The van der Waals surface area contributed by atoms with E-state index in [4.69, 9.17) is 9.47 Å². The third-order valence-electron chi connectivity index (χ3n) is 3.26. The van der Waals surface area contributed by atoms with Crippen LogP contribution in [0.3, 0.4) is 0 Å². The smallest absolute Gasteiger partial charge is 0.127 e. The molecular weight excluding hydrogens is 254 g/mol. The first-order valence-electron chi connectivity index (χ1n) is 6.55. The first kappa shape index (κ1) is 14.4. The van der Waals surface area contributed by atoms with Gasteiger partial charge in [0.25, 0.3) is 0 Å². The molecule has 1 aromatic heterocycles. The molecule has 0 aliphatic heterocycles. The van der Waals surface area contributed by atoms with Crippen molar-refractivity contribution < 1.29 is 9.47 Å². The van der Waals surface area contributed by atoms with Gasteiger partial charge in [-0.2, -0.15) is 5.10 Å². The highest BCUT2D eigenvalue weighted by Gasteiger charge is 2.10. The number of methoxy groups -OCH3 is 2. The van der Waals surface area contributed by atoms with E-state index in [2.05, 4.69) is 10.4 Å². The van der Waals surface area contributed by atoms with Gasteiger partial charge >= 0.3 is 0 Å². The van der Waals surface area contributed by atoms with Crippen molar-refractivity contribution >= 4 is 0 Å². The summed E-state index contributed by atoms with van der Waals surface area (Å²) in [6.07, 6.45) is 2.03. The average molecular weight is 275 g/mol. The van der Waals surface area contributed by atoms with Crippen LogP contribution in [0, 0.1) is 6.92 Å². The second kappa shape index (κ2) is 6.43. The van der Waals surface area contributed by atoms with Crippen LogP contribution in [-0.4, -0.2) is 24.0 Å². The van der Waals surface area contributed by atoms with Gasteiger partial charge in [-0.25, -0.2) is 0 Å². The molecule has 0 aliphatic carbocycles. The Labute approximate surface area is 119 Å². The molecule has 0 radical (unpaired) electrons. The maximum absolute atomic E-state index is 5.38. The van der Waals surface area contributed by atoms with E-state index in [9.17, 15) is 0 Å². The van der Waals surface area contributed by atoms with Gasteiger partial charge in [0.2, 0.25) is 0 Å². The summed E-state index contributed by atoms with van der Waals surface area (Å²) in [6.45, 7) is 3.46. The van der Waals surface area contributed by atoms with Crippen LogP contribution in [0.2, 0.25) is 0 Å². The van der Waals surface area contributed by atoms with Gasteiger partial charge < -0.3 is 14.8 Å². The van der Waals surface area contributed by atoms with Gasteiger partial charge in [0.15, 0.2) is 0 Å². The molecule has 0 aliphatic rings. The molecule has 0 spiro atoms. The number of ether oxygens (including phenoxy) is 2. The Morgan fingerprint density at radius 1 is 1.15 bits per heavy atom. The fraction of sp³-hybridized carbons (Fsp3) is 0.400. The molecule has 0 saturated carbocycles. The number of aryl methyl sites for hydroxylation is 2. The Balaban J connectivity index is 2.05. The number of benzene rings is 1. The molecule has 5 heteroatoms. The molecule has 1 N–H and O–H groups in total. The predicted octanol–water partition coefficient (Wildman–Crippen LogP) is 2.04. The van der Waals surface area contributed by atoms with Crippen LogP contribution < -0.4 is 14.8 Å². The van der Waals surface area contributed by atoms with E-state index in [0.717, 1.165) is 29.3 Å². The second-order valence-corrected chi connectivity index (χ2v) is 4.66. The minimum absolute atomic E-state index is 0.682. The molecule has 108 valence electrons. The fourth-order valence-corrected chi connectivity index (χ4v) is 2.25. The van der Waals surface area contributed by atoms with E-state index in [1.165, 1.54) is 5.56 Å². The van der Waals surface area contributed by atoms with Crippen molar-refractivity contribution in [1.29, 1.82) is 0 Å². The van der Waals surface area contributed by atoms with Crippen LogP contribution in [0.5, 0.6) is 11.5 Å². The lowest BCUT2D eigenvalue weighted by molar-refractivity contribution is 0.382. The maximum Gasteiger partial charge on any atom is 0.127 e. The highest BCUT2D eigenvalue weighted by Crippen LogP contribution is 2.27. The number of hydrogen-bond donors (Lipinski definition) is 1. The van der Waals surface area contributed by atoms with Gasteiger partial charge in [-0.3, -0.25) is 4.68 Å². The summed E-state index contributed by atoms with van der Waals surface area (Å²) in [5.74, 6) is 1.67. The summed E-state index contributed by atoms with van der Waals surface area (Å²) in [7, 11) is 5.27. The summed E-state index contributed by atoms with van der Waals surface area (Å²) in [4.78, 5) is 0. The minimum Gasteiger partial charge on any atom is -0.496 e. The van der Waals surface area contributed by atoms with Gasteiger partial charge in [-0.05, 0) is 19.1 Å². The van der Waals surface area contributed by atoms with Gasteiger partial charge in [0.05, 0.1) is 19.9 Å². The lowest BCUT2D eigenvalue weighted by Crippen LogP contribution is -2.14. The SMILES string of the molecule is COc1cccc(OC)c1CNCc1cn(C)nc1C. The normalized spacial score (nSPS) is 10.6. The van der Waals surface area contributed by atoms with Crippen molar-refractivity contribution in [1.82, 2.24) is 15.1 Å². The zero-order chi connectivity index (χ0) is 14.5. The maximum atomic E-state index is 5.38. The summed E-state index contributed by atoms with van der Waals surface area (Å²) in [6, 6.07) is 5.80. The van der Waals surface area contributed by atoms with Crippen molar-refractivity contribution in [3.63, 3.8) is 0 Å². The summed E-state index contributed by atoms with van der Waals surface area (Å²) < 4.78 is 12.6. The summed E-state index contributed by atoms with van der Waals surface area (Å²) in [5, 5.41) is 7.74. The highest BCUT2D eigenvalue weighted by atomic mass is 16.5. The number of rotatable bonds is 6. The third kappa shape index (κ3) is 3.11. The zero-order valence-electron chi connectivity index (χ0n) is 12.4. The van der Waals surface area contributed by atoms with Gasteiger partial charge in [0.1, 0.15) is 11.5 Å². The topological polar surface area (TPSA) is 48.3 Å². The van der Waals surface area contributed by atoms with Crippen molar-refractivity contribution in [2.45, 2.75) is 20.0 Å². The molecule has 0 bridgehead atoms. The van der Waals surface area contributed by atoms with Crippen molar-refractivity contribution in [2.24, 2.45) is 7.05 Å². The molecule has 20 heavy (non-hydrogen) atoms. The van der Waals surface area contributed by atoms with E-state index < -0.39 is 0 Å². The van der Waals surface area contributed by atoms with E-state index >= 15 is 0 Å². The van der Waals surface area contributed by atoms with Crippen LogP contribution in [0.4, 0.5) is 0 Å². The van der Waals surface area contributed by atoms with E-state index in [0.29, 0.717) is 6.54 Å². The first-order valence-corrected chi connectivity index (χ1v) is 6.55. The molecule has 0 unspecified atom stereocenters. The molecule has 5 nitrogen and oxygen atoms in total. The fourth-order valence-electron chi connectivity index (χ4n) is 2.25. The van der Waals surface area contributed by atoms with E-state index in [-0.39, 0.29) is 0 Å². The van der Waals surface area contributed by atoms with Crippen LogP contribution in [0.15, 0.2) is 24.4 Å². The number of nitrogens with zero attached hydrogens (tertiary/aromatic N) is 2. The van der Waals surface area contributed by atoms with Crippen molar-refractivity contribution in [3.05, 3.63) is 41.2 Å². The van der Waals surface area contributed by atoms with Crippen LogP contribution in [0.25, 0.3) is 0 Å². The Bertz CT molecular complexity index is 556.